The van der Waals surface area contributed by atoms with Crippen LogP contribution < -0.4 is 16.0 Å². The highest BCUT2D eigenvalue weighted by Gasteiger charge is 2.35. The summed E-state index contributed by atoms with van der Waals surface area (Å²) < 4.78 is 6.03. The topological polar surface area (TPSA) is 117 Å². The summed E-state index contributed by atoms with van der Waals surface area (Å²) in [7, 11) is 0. The Morgan fingerprint density at radius 2 is 1.51 bits per heavy atom. The second-order valence-corrected chi connectivity index (χ2v) is 11.7. The standard InChI is InChI=1S/C36H44N4O5/c1-4-34(45-36(44)39-32-16-9-14-30(24-32)26(3)42)33-22-28(21-27-11-6-5-7-12-27)17-20-40(33)19-10-18-37-35(43)38-31-15-8-13-29(23-31)25(2)41/h5-9,11-16,23-24,28,33-34H,4,10,17-22H2,1-3H3,(H,39,44)(H2,37,38,43). The Morgan fingerprint density at radius 3 is 2.13 bits per heavy atom. The highest BCUT2D eigenvalue weighted by atomic mass is 16.6. The zero-order valence-corrected chi connectivity index (χ0v) is 26.4. The second kappa shape index (κ2) is 16.5. The number of ketones is 2. The molecule has 1 fully saturated rings. The number of hydrogen-bond acceptors (Lipinski definition) is 6. The first-order chi connectivity index (χ1) is 21.7. The van der Waals surface area contributed by atoms with Crippen molar-refractivity contribution < 1.29 is 23.9 Å². The van der Waals surface area contributed by atoms with E-state index in [9.17, 15) is 19.2 Å². The van der Waals surface area contributed by atoms with E-state index >= 15 is 0 Å². The lowest BCUT2D eigenvalue weighted by molar-refractivity contribution is -0.00131. The minimum atomic E-state index is -0.542. The van der Waals surface area contributed by atoms with Crippen LogP contribution in [-0.2, 0) is 11.2 Å². The lowest BCUT2D eigenvalue weighted by Crippen LogP contribution is -2.51. The third kappa shape index (κ3) is 10.3. The smallest absolute Gasteiger partial charge is 0.411 e. The van der Waals surface area contributed by atoms with E-state index < -0.39 is 6.09 Å². The molecule has 1 aliphatic heterocycles. The molecule has 9 heteroatoms. The molecule has 9 nitrogen and oxygen atoms in total. The average molecular weight is 613 g/mol. The highest BCUT2D eigenvalue weighted by Crippen LogP contribution is 2.30. The van der Waals surface area contributed by atoms with Crippen molar-refractivity contribution in [2.24, 2.45) is 5.92 Å². The Bertz CT molecular complexity index is 1460. The average Bonchev–Trinajstić information content (AvgIpc) is 3.03. The van der Waals surface area contributed by atoms with Crippen LogP contribution in [0.1, 0.15) is 72.7 Å². The van der Waals surface area contributed by atoms with Crippen molar-refractivity contribution >= 4 is 35.1 Å². The number of anilines is 2. The van der Waals surface area contributed by atoms with E-state index in [1.807, 2.05) is 13.0 Å². The van der Waals surface area contributed by atoms with Crippen LogP contribution in [0.15, 0.2) is 78.9 Å². The summed E-state index contributed by atoms with van der Waals surface area (Å²) in [5.74, 6) is 0.321. The number of piperidine rings is 1. The summed E-state index contributed by atoms with van der Waals surface area (Å²) >= 11 is 0. The molecule has 238 valence electrons. The summed E-state index contributed by atoms with van der Waals surface area (Å²) in [4.78, 5) is 51.3. The molecule has 3 unspecified atom stereocenters. The number of benzene rings is 3. The Kier molecular flexibility index (Phi) is 12.3. The first kappa shape index (κ1) is 33.4. The Morgan fingerprint density at radius 1 is 0.867 bits per heavy atom. The number of carbonyl (C=O) groups excluding carboxylic acids is 4. The van der Waals surface area contributed by atoms with Crippen LogP contribution in [0, 0.1) is 5.92 Å². The van der Waals surface area contributed by atoms with Gasteiger partial charge in [0.2, 0.25) is 0 Å². The maximum absolute atomic E-state index is 13.0. The van der Waals surface area contributed by atoms with Gasteiger partial charge in [-0.15, -0.1) is 0 Å². The van der Waals surface area contributed by atoms with Crippen molar-refractivity contribution in [3.63, 3.8) is 0 Å². The van der Waals surface area contributed by atoms with Gasteiger partial charge >= 0.3 is 12.1 Å². The number of nitrogens with zero attached hydrogens (tertiary/aromatic N) is 1. The number of rotatable bonds is 13. The minimum absolute atomic E-state index is 0.0231. The van der Waals surface area contributed by atoms with Gasteiger partial charge < -0.3 is 15.4 Å². The molecule has 3 amide bonds. The van der Waals surface area contributed by atoms with Gasteiger partial charge in [0.15, 0.2) is 11.6 Å². The van der Waals surface area contributed by atoms with Gasteiger partial charge in [0.25, 0.3) is 0 Å². The summed E-state index contributed by atoms with van der Waals surface area (Å²) in [6.07, 6.45) is 3.40. The molecule has 0 saturated carbocycles. The van der Waals surface area contributed by atoms with E-state index in [-0.39, 0.29) is 29.7 Å². The van der Waals surface area contributed by atoms with Gasteiger partial charge in [-0.05, 0) is 88.2 Å². The lowest BCUT2D eigenvalue weighted by atomic mass is 9.83. The van der Waals surface area contributed by atoms with Gasteiger partial charge in [-0.2, -0.15) is 0 Å². The predicted molar refractivity (Wildman–Crippen MR) is 177 cm³/mol. The summed E-state index contributed by atoms with van der Waals surface area (Å²) in [5, 5.41) is 8.50. The fraction of sp³-hybridized carbons (Fsp3) is 0.389. The van der Waals surface area contributed by atoms with E-state index in [4.69, 9.17) is 4.74 Å². The number of urea groups is 1. The minimum Gasteiger partial charge on any atom is -0.444 e. The monoisotopic (exact) mass is 612 g/mol. The first-order valence-electron chi connectivity index (χ1n) is 15.7. The van der Waals surface area contributed by atoms with E-state index in [1.54, 1.807) is 48.5 Å². The van der Waals surface area contributed by atoms with Crippen LogP contribution >= 0.6 is 0 Å². The number of amides is 3. The molecule has 0 bridgehead atoms. The van der Waals surface area contributed by atoms with Crippen molar-refractivity contribution in [2.45, 2.75) is 65.0 Å². The van der Waals surface area contributed by atoms with Crippen LogP contribution in [-0.4, -0.2) is 60.4 Å². The van der Waals surface area contributed by atoms with Crippen LogP contribution in [0.25, 0.3) is 0 Å². The number of Topliss-reactive ketones (excluding diaryl/α,β-unsaturated/α-hetero) is 2. The van der Waals surface area contributed by atoms with Crippen molar-refractivity contribution in [3.8, 4) is 0 Å². The molecule has 45 heavy (non-hydrogen) atoms. The van der Waals surface area contributed by atoms with E-state index in [2.05, 4.69) is 45.1 Å². The molecular weight excluding hydrogens is 568 g/mol. The van der Waals surface area contributed by atoms with Crippen LogP contribution in [0.4, 0.5) is 21.0 Å². The van der Waals surface area contributed by atoms with Gasteiger partial charge in [-0.1, -0.05) is 61.5 Å². The lowest BCUT2D eigenvalue weighted by Gasteiger charge is -2.43. The van der Waals surface area contributed by atoms with Gasteiger partial charge in [0.05, 0.1) is 0 Å². The molecule has 0 aromatic heterocycles. The van der Waals surface area contributed by atoms with Crippen LogP contribution in [0.3, 0.4) is 0 Å². The van der Waals surface area contributed by atoms with Gasteiger partial charge in [0, 0.05) is 41.6 Å². The van der Waals surface area contributed by atoms with Gasteiger partial charge in [0.1, 0.15) is 6.10 Å². The van der Waals surface area contributed by atoms with E-state index in [0.717, 1.165) is 38.8 Å². The molecule has 3 atom stereocenters. The zero-order chi connectivity index (χ0) is 32.2. The maximum atomic E-state index is 13.0. The summed E-state index contributed by atoms with van der Waals surface area (Å²) in [6.45, 7) is 7.09. The quantitative estimate of drug-likeness (QED) is 0.142. The van der Waals surface area contributed by atoms with Crippen molar-refractivity contribution in [2.75, 3.05) is 30.3 Å². The maximum Gasteiger partial charge on any atom is 0.411 e. The number of carbonyl (C=O) groups is 4. The fourth-order valence-corrected chi connectivity index (χ4v) is 5.93. The highest BCUT2D eigenvalue weighted by molar-refractivity contribution is 5.97. The molecule has 1 saturated heterocycles. The predicted octanol–water partition coefficient (Wildman–Crippen LogP) is 6.95. The van der Waals surface area contributed by atoms with E-state index in [0.29, 0.717) is 41.4 Å². The normalized spacial score (nSPS) is 17.1. The number of likely N-dealkylation sites (tertiary alicyclic amines) is 1. The number of nitrogens with one attached hydrogen (secondary N) is 3. The summed E-state index contributed by atoms with van der Waals surface area (Å²) in [5.41, 5.74) is 3.45. The van der Waals surface area contributed by atoms with Crippen LogP contribution in [0.5, 0.6) is 0 Å². The molecule has 0 spiro atoms. The third-order valence-electron chi connectivity index (χ3n) is 8.28. The second-order valence-electron chi connectivity index (χ2n) is 11.7. The molecule has 1 aliphatic rings. The largest absolute Gasteiger partial charge is 0.444 e. The third-order valence-corrected chi connectivity index (χ3v) is 8.28. The molecular formula is C36H44N4O5. The SMILES string of the molecule is CCC(OC(=O)Nc1cccc(C(C)=O)c1)C1CC(Cc2ccccc2)CCN1CCCNC(=O)Nc1cccc(C(C)=O)c1. The zero-order valence-electron chi connectivity index (χ0n) is 26.4. The Hall–Kier alpha value is -4.50. The molecule has 1 heterocycles. The molecule has 0 radical (unpaired) electrons. The van der Waals surface area contributed by atoms with Crippen LogP contribution in [0.2, 0.25) is 0 Å². The Labute approximate surface area is 265 Å². The van der Waals surface area contributed by atoms with Crippen molar-refractivity contribution in [1.82, 2.24) is 10.2 Å². The van der Waals surface area contributed by atoms with Crippen molar-refractivity contribution in [3.05, 3.63) is 95.6 Å². The van der Waals surface area contributed by atoms with Crippen molar-refractivity contribution in [1.29, 1.82) is 0 Å². The molecule has 4 rings (SSSR count). The molecule has 0 aliphatic carbocycles. The molecule has 3 aromatic carbocycles. The van der Waals surface area contributed by atoms with Gasteiger partial charge in [-0.25, -0.2) is 9.59 Å². The first-order valence-corrected chi connectivity index (χ1v) is 15.7. The summed E-state index contributed by atoms with van der Waals surface area (Å²) in [6, 6.07) is 23.9. The Balaban J connectivity index is 1.36. The molecule has 3 aromatic rings. The number of hydrogen-bond donors (Lipinski definition) is 3. The molecule has 3 N–H and O–H groups in total. The van der Waals surface area contributed by atoms with Gasteiger partial charge in [-0.3, -0.25) is 19.8 Å². The number of ether oxygens (including phenoxy) is 1. The fourth-order valence-electron chi connectivity index (χ4n) is 5.93. The van der Waals surface area contributed by atoms with E-state index in [1.165, 1.54) is 19.4 Å².